The van der Waals surface area contributed by atoms with E-state index in [9.17, 15) is 37.5 Å². The third kappa shape index (κ3) is 8.13. The van der Waals surface area contributed by atoms with E-state index >= 15 is 0 Å². The molecule has 3 fully saturated rings. The standard InChI is InChI=1S/C36H47F3N4O6/c1-25(21-36(37,38)39)30(45)42-15-14-35(48,34(23-42)12-8-9-13-34)24-43-22-28(27(20-29(43)44)26-10-6-5-7-11-26)31(46)40-16-18-41(19-17-40)32(47)49-33(2,3)4/h5-7,10-11,20,22,25,48H,8-9,12-19,21,23-24H2,1-4H3/t25-,35-/m1/s1. The molecule has 2 atom stereocenters. The topological polar surface area (TPSA) is 112 Å². The highest BCUT2D eigenvalue weighted by molar-refractivity contribution is 6.00. The average Bonchev–Trinajstić information content (AvgIpc) is 3.51. The summed E-state index contributed by atoms with van der Waals surface area (Å²) in [6, 6.07) is 10.5. The fourth-order valence-corrected chi connectivity index (χ4v) is 7.63. The van der Waals surface area contributed by atoms with E-state index in [0.29, 0.717) is 24.0 Å². The molecule has 13 heteroatoms. The van der Waals surface area contributed by atoms with Gasteiger partial charge in [0.15, 0.2) is 0 Å². The van der Waals surface area contributed by atoms with Gasteiger partial charge in [0.05, 0.1) is 24.1 Å². The Hall–Kier alpha value is -3.87. The number of rotatable bonds is 6. The summed E-state index contributed by atoms with van der Waals surface area (Å²) in [5, 5.41) is 12.3. The van der Waals surface area contributed by atoms with Crippen LogP contribution in [0.4, 0.5) is 18.0 Å². The lowest BCUT2D eigenvalue weighted by molar-refractivity contribution is -0.172. The van der Waals surface area contributed by atoms with Crippen LogP contribution < -0.4 is 5.56 Å². The molecule has 3 heterocycles. The van der Waals surface area contributed by atoms with Gasteiger partial charge in [0.25, 0.3) is 11.5 Å². The van der Waals surface area contributed by atoms with Crippen molar-refractivity contribution in [3.63, 3.8) is 0 Å². The summed E-state index contributed by atoms with van der Waals surface area (Å²) in [5.41, 5.74) is -1.92. The number of amides is 3. The fraction of sp³-hybridized carbons (Fsp3) is 0.611. The average molecular weight is 689 g/mol. The van der Waals surface area contributed by atoms with Crippen molar-refractivity contribution in [1.29, 1.82) is 0 Å². The largest absolute Gasteiger partial charge is 0.444 e. The van der Waals surface area contributed by atoms with Crippen LogP contribution in [-0.2, 0) is 16.1 Å². The number of alkyl halides is 3. The minimum Gasteiger partial charge on any atom is -0.444 e. The molecular weight excluding hydrogens is 641 g/mol. The maximum Gasteiger partial charge on any atom is 0.410 e. The number of hydrogen-bond acceptors (Lipinski definition) is 6. The number of piperidine rings is 1. The molecule has 2 saturated heterocycles. The second-order valence-electron chi connectivity index (χ2n) is 14.9. The molecule has 3 amide bonds. The second-order valence-corrected chi connectivity index (χ2v) is 14.9. The minimum absolute atomic E-state index is 0.0594. The Morgan fingerprint density at radius 2 is 1.53 bits per heavy atom. The maximum atomic E-state index is 14.2. The number of pyridine rings is 1. The Morgan fingerprint density at radius 3 is 2.12 bits per heavy atom. The third-order valence-electron chi connectivity index (χ3n) is 10.2. The van der Waals surface area contributed by atoms with Crippen LogP contribution in [0.5, 0.6) is 0 Å². The number of benzene rings is 1. The lowest BCUT2D eigenvalue weighted by atomic mass is 9.65. The first-order chi connectivity index (χ1) is 22.9. The number of likely N-dealkylation sites (tertiary alicyclic amines) is 1. The first-order valence-corrected chi connectivity index (χ1v) is 17.1. The molecule has 0 unspecified atom stereocenters. The lowest BCUT2D eigenvalue weighted by Gasteiger charge is -2.52. The van der Waals surface area contributed by atoms with Crippen molar-refractivity contribution in [3.8, 4) is 11.1 Å². The van der Waals surface area contributed by atoms with Crippen molar-refractivity contribution in [2.75, 3.05) is 39.3 Å². The molecule has 2 aliphatic heterocycles. The molecule has 1 spiro atoms. The Labute approximate surface area is 284 Å². The van der Waals surface area contributed by atoms with Gasteiger partial charge in [-0.2, -0.15) is 13.2 Å². The van der Waals surface area contributed by atoms with Crippen LogP contribution in [0.15, 0.2) is 47.4 Å². The van der Waals surface area contributed by atoms with Gasteiger partial charge in [0.2, 0.25) is 5.91 Å². The van der Waals surface area contributed by atoms with Gasteiger partial charge in [-0.25, -0.2) is 4.79 Å². The van der Waals surface area contributed by atoms with E-state index in [2.05, 4.69) is 0 Å². The molecule has 0 bridgehead atoms. The quantitative estimate of drug-likeness (QED) is 0.440. The molecule has 2 aromatic rings. The summed E-state index contributed by atoms with van der Waals surface area (Å²) in [7, 11) is 0. The molecule has 1 saturated carbocycles. The molecule has 1 aromatic carbocycles. The predicted octanol–water partition coefficient (Wildman–Crippen LogP) is 5.32. The Bertz CT molecular complexity index is 1590. The molecule has 268 valence electrons. The van der Waals surface area contributed by atoms with Gasteiger partial charge in [-0.3, -0.25) is 14.4 Å². The van der Waals surface area contributed by atoms with Crippen molar-refractivity contribution in [1.82, 2.24) is 19.3 Å². The van der Waals surface area contributed by atoms with Crippen LogP contribution in [-0.4, -0.2) is 98.9 Å². The molecule has 49 heavy (non-hydrogen) atoms. The number of nitrogens with zero attached hydrogens (tertiary/aromatic N) is 4. The number of carbonyl (C=O) groups is 3. The monoisotopic (exact) mass is 688 g/mol. The van der Waals surface area contributed by atoms with Crippen molar-refractivity contribution < 1.29 is 37.4 Å². The molecule has 1 aliphatic carbocycles. The second kappa shape index (κ2) is 13.8. The van der Waals surface area contributed by atoms with Gasteiger partial charge < -0.3 is 29.1 Å². The highest BCUT2D eigenvalue weighted by Gasteiger charge is 2.56. The SMILES string of the molecule is C[C@H](CC(F)(F)F)C(=O)N1CC[C@@](O)(Cn2cc(C(=O)N3CCN(C(=O)OC(C)(C)C)CC3)c(-c3ccccc3)cc2=O)C2(CCCC2)C1. The summed E-state index contributed by atoms with van der Waals surface area (Å²) in [6.07, 6.45) is -1.87. The van der Waals surface area contributed by atoms with Crippen LogP contribution >= 0.6 is 0 Å². The molecule has 0 radical (unpaired) electrons. The lowest BCUT2D eigenvalue weighted by Crippen LogP contribution is -2.62. The van der Waals surface area contributed by atoms with Crippen molar-refractivity contribution >= 4 is 17.9 Å². The molecule has 5 rings (SSSR count). The summed E-state index contributed by atoms with van der Waals surface area (Å²) < 4.78 is 46.1. The van der Waals surface area contributed by atoms with Crippen molar-refractivity contribution in [2.24, 2.45) is 11.3 Å². The Morgan fingerprint density at radius 1 is 0.918 bits per heavy atom. The van der Waals surface area contributed by atoms with E-state index < -0.39 is 52.7 Å². The van der Waals surface area contributed by atoms with Gasteiger partial charge in [0.1, 0.15) is 5.60 Å². The van der Waals surface area contributed by atoms with E-state index in [1.54, 1.807) is 30.6 Å². The van der Waals surface area contributed by atoms with Crippen molar-refractivity contribution in [2.45, 2.75) is 90.1 Å². The van der Waals surface area contributed by atoms with Crippen LogP contribution in [0.1, 0.15) is 76.6 Å². The fourth-order valence-electron chi connectivity index (χ4n) is 7.63. The van der Waals surface area contributed by atoms with Gasteiger partial charge >= 0.3 is 12.3 Å². The third-order valence-corrected chi connectivity index (χ3v) is 10.2. The minimum atomic E-state index is -4.47. The zero-order chi connectivity index (χ0) is 35.8. The summed E-state index contributed by atoms with van der Waals surface area (Å²) in [4.78, 5) is 58.3. The van der Waals surface area contributed by atoms with Gasteiger partial charge in [-0.1, -0.05) is 50.1 Å². The highest BCUT2D eigenvalue weighted by atomic mass is 19.4. The molecule has 10 nitrogen and oxygen atoms in total. The van der Waals surface area contributed by atoms with E-state index in [1.807, 2.05) is 30.3 Å². The van der Waals surface area contributed by atoms with Gasteiger partial charge in [-0.15, -0.1) is 0 Å². The Balaban J connectivity index is 1.42. The van der Waals surface area contributed by atoms with Gasteiger partial charge in [0, 0.05) is 68.4 Å². The number of hydrogen-bond donors (Lipinski definition) is 1. The van der Waals surface area contributed by atoms with E-state index in [-0.39, 0.29) is 63.7 Å². The van der Waals surface area contributed by atoms with E-state index in [4.69, 9.17) is 4.74 Å². The predicted molar refractivity (Wildman–Crippen MR) is 177 cm³/mol. The molecule has 1 N–H and O–H groups in total. The van der Waals surface area contributed by atoms with E-state index in [0.717, 1.165) is 12.8 Å². The number of carbonyl (C=O) groups excluding carboxylic acids is 3. The smallest absolute Gasteiger partial charge is 0.410 e. The molecule has 1 aromatic heterocycles. The zero-order valence-corrected chi connectivity index (χ0v) is 28.7. The number of piperazine rings is 1. The summed E-state index contributed by atoms with van der Waals surface area (Å²) in [6.45, 7) is 7.76. The zero-order valence-electron chi connectivity index (χ0n) is 28.7. The number of halogens is 3. The highest BCUT2D eigenvalue weighted by Crippen LogP contribution is 2.52. The summed E-state index contributed by atoms with van der Waals surface area (Å²) >= 11 is 0. The van der Waals surface area contributed by atoms with Crippen LogP contribution in [0, 0.1) is 11.3 Å². The Kier molecular flexibility index (Phi) is 10.3. The number of ether oxygens (including phenoxy) is 1. The van der Waals surface area contributed by atoms with Crippen LogP contribution in [0.2, 0.25) is 0 Å². The maximum absolute atomic E-state index is 14.2. The van der Waals surface area contributed by atoms with Crippen LogP contribution in [0.3, 0.4) is 0 Å². The van der Waals surface area contributed by atoms with Gasteiger partial charge in [-0.05, 0) is 45.6 Å². The van der Waals surface area contributed by atoms with Crippen LogP contribution in [0.25, 0.3) is 11.1 Å². The molecule has 3 aliphatic rings. The number of aliphatic hydroxyl groups is 1. The van der Waals surface area contributed by atoms with E-state index in [1.165, 1.54) is 28.7 Å². The first kappa shape index (κ1) is 36.4. The summed E-state index contributed by atoms with van der Waals surface area (Å²) in [5.74, 6) is -2.15. The first-order valence-electron chi connectivity index (χ1n) is 17.1. The van der Waals surface area contributed by atoms with Crippen molar-refractivity contribution in [3.05, 3.63) is 58.5 Å². The number of aromatic nitrogens is 1. The normalized spacial score (nSPS) is 21.9. The molecular formula is C36H47F3N4O6.